The van der Waals surface area contributed by atoms with Crippen molar-refractivity contribution in [2.24, 2.45) is 0 Å². The maximum atomic E-state index is 13.0. The van der Waals surface area contributed by atoms with E-state index in [0.717, 1.165) is 5.56 Å². The van der Waals surface area contributed by atoms with Crippen molar-refractivity contribution in [3.8, 4) is 23.0 Å². The Bertz CT molecular complexity index is 1360. The predicted octanol–water partition coefficient (Wildman–Crippen LogP) is 2.81. The van der Waals surface area contributed by atoms with Crippen LogP contribution >= 0.6 is 0 Å². The minimum atomic E-state index is -3.85. The molecule has 2 aliphatic rings. The van der Waals surface area contributed by atoms with E-state index < -0.39 is 10.0 Å². The summed E-state index contributed by atoms with van der Waals surface area (Å²) in [5.41, 5.74) is 0.983. The smallest absolute Gasteiger partial charge is 0.253 e. The van der Waals surface area contributed by atoms with Crippen molar-refractivity contribution in [1.29, 1.82) is 0 Å². The van der Waals surface area contributed by atoms with Gasteiger partial charge >= 0.3 is 0 Å². The Kier molecular flexibility index (Phi) is 6.23. The number of para-hydroxylation sites is 2. The maximum Gasteiger partial charge on any atom is 0.253 e. The fraction of sp³-hybridized carbons (Fsp3) is 0.240. The standard InChI is InChI=1S/C25H24N2O7S/c1-27(14-19-15-31-21-7-2-3-8-23(21)34-19)25(28)18-5-4-6-20(12-18)35(29,30)26-13-17-9-10-22-24(11-17)33-16-32-22/h2-12,19,26H,13-16H2,1H3/t19-/m1/s1. The second-order valence-corrected chi connectivity index (χ2v) is 9.99. The van der Waals surface area contributed by atoms with Gasteiger partial charge in [0.05, 0.1) is 11.4 Å². The number of benzene rings is 3. The molecular weight excluding hydrogens is 472 g/mol. The Morgan fingerprint density at radius 3 is 2.57 bits per heavy atom. The summed E-state index contributed by atoms with van der Waals surface area (Å²) in [6.45, 7) is 0.809. The van der Waals surface area contributed by atoms with E-state index >= 15 is 0 Å². The molecule has 1 atom stereocenters. The molecule has 1 amide bonds. The minimum Gasteiger partial charge on any atom is -0.486 e. The molecule has 3 aromatic carbocycles. The predicted molar refractivity (Wildman–Crippen MR) is 126 cm³/mol. The van der Waals surface area contributed by atoms with Gasteiger partial charge in [-0.25, -0.2) is 13.1 Å². The maximum absolute atomic E-state index is 13.0. The average Bonchev–Trinajstić information content (AvgIpc) is 3.35. The third-order valence-corrected chi connectivity index (χ3v) is 7.09. The van der Waals surface area contributed by atoms with Gasteiger partial charge in [-0.15, -0.1) is 0 Å². The lowest BCUT2D eigenvalue weighted by atomic mass is 10.2. The second kappa shape index (κ2) is 9.47. The Morgan fingerprint density at radius 1 is 0.943 bits per heavy atom. The fourth-order valence-corrected chi connectivity index (χ4v) is 4.93. The number of amides is 1. The van der Waals surface area contributed by atoms with Crippen molar-refractivity contribution < 1.29 is 32.2 Å². The molecule has 35 heavy (non-hydrogen) atoms. The number of fused-ring (bicyclic) bond motifs is 2. The molecule has 2 aliphatic heterocycles. The normalized spacial score (nSPS) is 16.1. The first-order chi connectivity index (χ1) is 16.9. The Hall–Kier alpha value is -3.76. The van der Waals surface area contributed by atoms with E-state index in [9.17, 15) is 13.2 Å². The highest BCUT2D eigenvalue weighted by Crippen LogP contribution is 2.33. The van der Waals surface area contributed by atoms with E-state index in [2.05, 4.69) is 4.72 Å². The third kappa shape index (κ3) is 5.03. The molecule has 5 rings (SSSR count). The van der Waals surface area contributed by atoms with Crippen LogP contribution in [-0.4, -0.2) is 52.3 Å². The molecule has 3 aromatic rings. The number of sulfonamides is 1. The minimum absolute atomic E-state index is 0.00340. The molecule has 0 bridgehead atoms. The first-order valence-electron chi connectivity index (χ1n) is 11.0. The number of nitrogens with one attached hydrogen (secondary N) is 1. The Morgan fingerprint density at radius 2 is 1.71 bits per heavy atom. The van der Waals surface area contributed by atoms with Crippen molar-refractivity contribution >= 4 is 15.9 Å². The zero-order valence-corrected chi connectivity index (χ0v) is 19.8. The molecule has 10 heteroatoms. The molecule has 2 heterocycles. The molecule has 0 unspecified atom stereocenters. The summed E-state index contributed by atoms with van der Waals surface area (Å²) >= 11 is 0. The van der Waals surface area contributed by atoms with Crippen molar-refractivity contribution in [3.05, 3.63) is 77.9 Å². The van der Waals surface area contributed by atoms with Crippen molar-refractivity contribution in [3.63, 3.8) is 0 Å². The van der Waals surface area contributed by atoms with Crippen LogP contribution in [0.1, 0.15) is 15.9 Å². The SMILES string of the molecule is CN(C[C@@H]1COc2ccccc2O1)C(=O)c1cccc(S(=O)(=O)NCc2ccc3c(c2)OCO3)c1. The summed E-state index contributed by atoms with van der Waals surface area (Å²) in [5.74, 6) is 2.19. The van der Waals surface area contributed by atoms with E-state index in [-0.39, 0.29) is 42.4 Å². The summed E-state index contributed by atoms with van der Waals surface area (Å²) < 4.78 is 50.6. The summed E-state index contributed by atoms with van der Waals surface area (Å²) in [4.78, 5) is 14.5. The van der Waals surface area contributed by atoms with Crippen molar-refractivity contribution in [2.75, 3.05) is 27.0 Å². The quantitative estimate of drug-likeness (QED) is 0.537. The molecular formula is C25H24N2O7S. The van der Waals surface area contributed by atoms with Crippen LogP contribution in [0, 0.1) is 0 Å². The van der Waals surface area contributed by atoms with Gasteiger partial charge < -0.3 is 23.8 Å². The van der Waals surface area contributed by atoms with Crippen LogP contribution < -0.4 is 23.7 Å². The zero-order chi connectivity index (χ0) is 24.4. The van der Waals surface area contributed by atoms with Gasteiger partial charge in [-0.1, -0.05) is 24.3 Å². The Balaban J connectivity index is 1.23. The van der Waals surface area contributed by atoms with Crippen LogP contribution in [0.25, 0.3) is 0 Å². The number of hydrogen-bond acceptors (Lipinski definition) is 7. The molecule has 0 saturated carbocycles. The van der Waals surface area contributed by atoms with Crippen LogP contribution in [0.2, 0.25) is 0 Å². The van der Waals surface area contributed by atoms with E-state index in [1.165, 1.54) is 17.0 Å². The van der Waals surface area contributed by atoms with E-state index in [4.69, 9.17) is 18.9 Å². The van der Waals surface area contributed by atoms with Gasteiger partial charge in [0.25, 0.3) is 5.91 Å². The van der Waals surface area contributed by atoms with E-state index in [1.807, 2.05) is 24.3 Å². The topological polar surface area (TPSA) is 103 Å². The van der Waals surface area contributed by atoms with Crippen molar-refractivity contribution in [1.82, 2.24) is 9.62 Å². The zero-order valence-electron chi connectivity index (χ0n) is 19.0. The van der Waals surface area contributed by atoms with Gasteiger partial charge in [-0.3, -0.25) is 4.79 Å². The number of ether oxygens (including phenoxy) is 4. The van der Waals surface area contributed by atoms with Gasteiger partial charge in [0.15, 0.2) is 29.1 Å². The second-order valence-electron chi connectivity index (χ2n) is 8.22. The monoisotopic (exact) mass is 496 g/mol. The van der Waals surface area contributed by atoms with Gasteiger partial charge in [0, 0.05) is 19.2 Å². The number of hydrogen-bond donors (Lipinski definition) is 1. The third-order valence-electron chi connectivity index (χ3n) is 5.69. The highest BCUT2D eigenvalue weighted by atomic mass is 32.2. The molecule has 0 radical (unpaired) electrons. The molecule has 0 spiro atoms. The molecule has 182 valence electrons. The number of likely N-dealkylation sites (N-methyl/N-ethyl adjacent to an activating group) is 1. The lowest BCUT2D eigenvalue weighted by Gasteiger charge is -2.29. The Labute approximate surface area is 203 Å². The van der Waals surface area contributed by atoms with Crippen LogP contribution in [0.5, 0.6) is 23.0 Å². The van der Waals surface area contributed by atoms with Gasteiger partial charge in [-0.05, 0) is 48.0 Å². The summed E-state index contributed by atoms with van der Waals surface area (Å²) in [6.07, 6.45) is -0.339. The van der Waals surface area contributed by atoms with Crippen molar-refractivity contribution in [2.45, 2.75) is 17.5 Å². The van der Waals surface area contributed by atoms with Gasteiger partial charge in [0.1, 0.15) is 6.61 Å². The first kappa shape index (κ1) is 23.0. The van der Waals surface area contributed by atoms with Gasteiger partial charge in [-0.2, -0.15) is 0 Å². The molecule has 0 fully saturated rings. The highest BCUT2D eigenvalue weighted by Gasteiger charge is 2.25. The van der Waals surface area contributed by atoms with Crippen LogP contribution in [0.4, 0.5) is 0 Å². The first-order valence-corrected chi connectivity index (χ1v) is 12.5. The van der Waals surface area contributed by atoms with Crippen LogP contribution in [0.3, 0.4) is 0 Å². The lowest BCUT2D eigenvalue weighted by molar-refractivity contribution is 0.0521. The average molecular weight is 497 g/mol. The van der Waals surface area contributed by atoms with E-state index in [1.54, 1.807) is 37.4 Å². The number of carbonyl (C=O) groups is 1. The van der Waals surface area contributed by atoms with E-state index in [0.29, 0.717) is 29.6 Å². The molecule has 9 nitrogen and oxygen atoms in total. The molecule has 1 N–H and O–H groups in total. The van der Waals surface area contributed by atoms with Crippen LogP contribution in [0.15, 0.2) is 71.6 Å². The summed E-state index contributed by atoms with van der Waals surface area (Å²) in [7, 11) is -2.21. The summed E-state index contributed by atoms with van der Waals surface area (Å²) in [5, 5.41) is 0. The number of nitrogens with zero attached hydrogens (tertiary/aromatic N) is 1. The number of rotatable bonds is 7. The van der Waals surface area contributed by atoms with Gasteiger partial charge in [0.2, 0.25) is 16.8 Å². The number of carbonyl (C=O) groups excluding carboxylic acids is 1. The molecule has 0 saturated heterocycles. The van der Waals surface area contributed by atoms with Crippen LogP contribution in [-0.2, 0) is 16.6 Å². The summed E-state index contributed by atoms with van der Waals surface area (Å²) in [6, 6.07) is 18.5. The fourth-order valence-electron chi connectivity index (χ4n) is 3.87. The largest absolute Gasteiger partial charge is 0.486 e. The lowest BCUT2D eigenvalue weighted by Crippen LogP contribution is -2.41. The molecule has 0 aliphatic carbocycles. The molecule has 0 aromatic heterocycles. The highest BCUT2D eigenvalue weighted by molar-refractivity contribution is 7.89.